The molecule has 3 aliphatic rings. The third-order valence-electron chi connectivity index (χ3n) is 5.26. The van der Waals surface area contributed by atoms with E-state index in [-0.39, 0.29) is 16.9 Å². The molecule has 3 rings (SSSR count). The fraction of sp³-hybridized carbons (Fsp3) is 0.733. The molecule has 2 nitrogen and oxygen atoms in total. The molecule has 0 spiro atoms. The molecular formula is C15H22O2. The van der Waals surface area contributed by atoms with E-state index in [4.69, 9.17) is 9.47 Å². The van der Waals surface area contributed by atoms with Crippen LogP contribution in [0.3, 0.4) is 0 Å². The molecule has 0 aromatic heterocycles. The maximum Gasteiger partial charge on any atom is 0.145 e. The molecule has 2 aliphatic heterocycles. The Labute approximate surface area is 104 Å². The van der Waals surface area contributed by atoms with Crippen LogP contribution in [-0.4, -0.2) is 12.7 Å². The van der Waals surface area contributed by atoms with Crippen LogP contribution in [0.1, 0.15) is 46.5 Å². The topological polar surface area (TPSA) is 21.8 Å². The van der Waals surface area contributed by atoms with Crippen LogP contribution in [0.2, 0.25) is 0 Å². The van der Waals surface area contributed by atoms with Crippen LogP contribution >= 0.6 is 0 Å². The number of hydrogen-bond donors (Lipinski definition) is 0. The first kappa shape index (κ1) is 11.3. The highest BCUT2D eigenvalue weighted by molar-refractivity contribution is 5.26. The minimum atomic E-state index is 0.158. The van der Waals surface area contributed by atoms with Gasteiger partial charge in [-0.05, 0) is 32.6 Å². The van der Waals surface area contributed by atoms with Crippen molar-refractivity contribution in [3.63, 3.8) is 0 Å². The summed E-state index contributed by atoms with van der Waals surface area (Å²) in [7, 11) is 0. The summed E-state index contributed by atoms with van der Waals surface area (Å²) >= 11 is 0. The molecule has 0 aromatic rings. The lowest BCUT2D eigenvalue weighted by atomic mass is 9.56. The van der Waals surface area contributed by atoms with Gasteiger partial charge < -0.3 is 9.47 Å². The molecule has 0 radical (unpaired) electrons. The Hall–Kier alpha value is -0.760. The van der Waals surface area contributed by atoms with Crippen molar-refractivity contribution in [3.8, 4) is 0 Å². The largest absolute Gasteiger partial charge is 0.462 e. The van der Waals surface area contributed by atoms with Crippen molar-refractivity contribution < 1.29 is 9.47 Å². The van der Waals surface area contributed by atoms with E-state index in [0.717, 1.165) is 13.0 Å². The maximum absolute atomic E-state index is 6.09. The van der Waals surface area contributed by atoms with Gasteiger partial charge in [-0.15, -0.1) is 0 Å². The highest BCUT2D eigenvalue weighted by Gasteiger charge is 2.56. The van der Waals surface area contributed by atoms with E-state index >= 15 is 0 Å². The second kappa shape index (κ2) is 3.61. The van der Waals surface area contributed by atoms with E-state index in [1.54, 1.807) is 0 Å². The average molecular weight is 234 g/mol. The maximum atomic E-state index is 6.09. The molecule has 1 unspecified atom stereocenters. The first-order valence-electron chi connectivity index (χ1n) is 6.72. The van der Waals surface area contributed by atoms with Crippen molar-refractivity contribution in [1.29, 1.82) is 0 Å². The molecule has 0 bridgehead atoms. The van der Waals surface area contributed by atoms with Gasteiger partial charge in [-0.1, -0.05) is 25.5 Å². The molecule has 2 heterocycles. The number of rotatable bonds is 1. The van der Waals surface area contributed by atoms with Crippen molar-refractivity contribution >= 4 is 0 Å². The van der Waals surface area contributed by atoms with Gasteiger partial charge in [-0.25, -0.2) is 0 Å². The van der Waals surface area contributed by atoms with Crippen molar-refractivity contribution in [2.45, 2.75) is 52.6 Å². The van der Waals surface area contributed by atoms with E-state index in [1.165, 1.54) is 30.6 Å². The minimum Gasteiger partial charge on any atom is -0.462 e. The van der Waals surface area contributed by atoms with Gasteiger partial charge in [0, 0.05) is 17.4 Å². The standard InChI is InChI=1S/C15H22O2/c1-11-5-7-15(3)12(9-11)16-8-4-6-14(15,2)13-10-17-13/h9-10,12H,4-8H2,1-3H3/t12?,14-,15-/m0/s1. The second-order valence-corrected chi connectivity index (χ2v) is 6.26. The first-order chi connectivity index (χ1) is 8.06. The molecular weight excluding hydrogens is 212 g/mol. The van der Waals surface area contributed by atoms with Crippen molar-refractivity contribution in [2.75, 3.05) is 6.61 Å². The Morgan fingerprint density at radius 3 is 2.76 bits per heavy atom. The van der Waals surface area contributed by atoms with Gasteiger partial charge in [0.2, 0.25) is 0 Å². The monoisotopic (exact) mass is 234 g/mol. The Morgan fingerprint density at radius 2 is 2.06 bits per heavy atom. The van der Waals surface area contributed by atoms with Crippen molar-refractivity contribution in [1.82, 2.24) is 0 Å². The summed E-state index contributed by atoms with van der Waals surface area (Å²) in [4.78, 5) is 0. The molecule has 0 saturated carbocycles. The Kier molecular flexibility index (Phi) is 2.41. The van der Waals surface area contributed by atoms with Gasteiger partial charge in [0.1, 0.15) is 12.0 Å². The van der Waals surface area contributed by atoms with Crippen LogP contribution in [0.4, 0.5) is 0 Å². The zero-order valence-electron chi connectivity index (χ0n) is 11.1. The normalized spacial score (nSPS) is 45.0. The third kappa shape index (κ3) is 1.57. The minimum absolute atomic E-state index is 0.158. The summed E-state index contributed by atoms with van der Waals surface area (Å²) in [5.41, 5.74) is 1.82. The second-order valence-electron chi connectivity index (χ2n) is 6.26. The lowest BCUT2D eigenvalue weighted by Crippen LogP contribution is -2.47. The fourth-order valence-corrected chi connectivity index (χ4v) is 3.56. The SMILES string of the molecule is CC1=CC2OCCC[C@@](C)(C3=CO3)[C@@]2(C)CC1. The van der Waals surface area contributed by atoms with Gasteiger partial charge in [-0.2, -0.15) is 0 Å². The lowest BCUT2D eigenvalue weighted by Gasteiger charge is -2.48. The van der Waals surface area contributed by atoms with E-state index in [9.17, 15) is 0 Å². The van der Waals surface area contributed by atoms with E-state index < -0.39 is 0 Å². The molecule has 1 fully saturated rings. The predicted octanol–water partition coefficient (Wildman–Crippen LogP) is 3.79. The van der Waals surface area contributed by atoms with Crippen LogP contribution in [0.25, 0.3) is 0 Å². The van der Waals surface area contributed by atoms with Crippen molar-refractivity contribution in [2.24, 2.45) is 10.8 Å². The summed E-state index contributed by atoms with van der Waals surface area (Å²) in [6.07, 6.45) is 9.24. The zero-order valence-corrected chi connectivity index (χ0v) is 11.1. The fourth-order valence-electron chi connectivity index (χ4n) is 3.56. The van der Waals surface area contributed by atoms with Crippen molar-refractivity contribution in [3.05, 3.63) is 23.7 Å². The number of hydrogen-bond acceptors (Lipinski definition) is 2. The van der Waals surface area contributed by atoms with E-state index in [0.29, 0.717) is 0 Å². The predicted molar refractivity (Wildman–Crippen MR) is 67.3 cm³/mol. The summed E-state index contributed by atoms with van der Waals surface area (Å²) in [6, 6.07) is 0. The highest BCUT2D eigenvalue weighted by Crippen LogP contribution is 2.59. The van der Waals surface area contributed by atoms with Crippen LogP contribution in [0.5, 0.6) is 0 Å². The quantitative estimate of drug-likeness (QED) is 0.644. The molecule has 94 valence electrons. The molecule has 0 N–H and O–H groups in total. The summed E-state index contributed by atoms with van der Waals surface area (Å²) in [6.45, 7) is 7.85. The average Bonchev–Trinajstić information content (AvgIpc) is 3.11. The third-order valence-corrected chi connectivity index (χ3v) is 5.26. The van der Waals surface area contributed by atoms with Gasteiger partial charge in [0.25, 0.3) is 0 Å². The zero-order chi connectivity index (χ0) is 12.1. The van der Waals surface area contributed by atoms with Gasteiger partial charge in [0.15, 0.2) is 0 Å². The van der Waals surface area contributed by atoms with Gasteiger partial charge >= 0.3 is 0 Å². The van der Waals surface area contributed by atoms with Crippen LogP contribution in [0.15, 0.2) is 23.7 Å². The first-order valence-corrected chi connectivity index (χ1v) is 6.72. The van der Waals surface area contributed by atoms with Gasteiger partial charge in [-0.3, -0.25) is 0 Å². The Morgan fingerprint density at radius 1 is 1.29 bits per heavy atom. The molecule has 2 heteroatoms. The lowest BCUT2D eigenvalue weighted by molar-refractivity contribution is -0.0492. The highest BCUT2D eigenvalue weighted by atomic mass is 16.5. The van der Waals surface area contributed by atoms with Crippen LogP contribution < -0.4 is 0 Å². The van der Waals surface area contributed by atoms with E-state index in [1.807, 2.05) is 6.26 Å². The number of fused-ring (bicyclic) bond motifs is 1. The van der Waals surface area contributed by atoms with Crippen LogP contribution in [0, 0.1) is 10.8 Å². The number of allylic oxidation sites excluding steroid dienone is 2. The summed E-state index contributed by atoms with van der Waals surface area (Å²) < 4.78 is 11.6. The molecule has 3 atom stereocenters. The molecule has 0 amide bonds. The van der Waals surface area contributed by atoms with E-state index in [2.05, 4.69) is 26.8 Å². The smallest absolute Gasteiger partial charge is 0.145 e. The number of ether oxygens (including phenoxy) is 2. The molecule has 0 aromatic carbocycles. The Bertz CT molecular complexity index is 396. The Balaban J connectivity index is 2.02. The summed E-state index contributed by atoms with van der Waals surface area (Å²) in [5, 5.41) is 0. The summed E-state index contributed by atoms with van der Waals surface area (Å²) in [5.74, 6) is 1.20. The molecule has 17 heavy (non-hydrogen) atoms. The molecule has 1 aliphatic carbocycles. The van der Waals surface area contributed by atoms with Gasteiger partial charge in [0.05, 0.1) is 6.10 Å². The van der Waals surface area contributed by atoms with Crippen LogP contribution in [-0.2, 0) is 9.47 Å². The molecule has 1 saturated heterocycles.